The van der Waals surface area contributed by atoms with Crippen LogP contribution < -0.4 is 10.6 Å². The smallest absolute Gasteiger partial charge is 0.257 e. The van der Waals surface area contributed by atoms with Gasteiger partial charge in [-0.2, -0.15) is 0 Å². The molecule has 2 amide bonds. The number of hydrogen-bond acceptors (Lipinski definition) is 2. The maximum Gasteiger partial charge on any atom is 0.257 e. The minimum absolute atomic E-state index is 0.00512. The Morgan fingerprint density at radius 3 is 2.19 bits per heavy atom. The standard InChI is InChI=1S/C25H15Cl5F2N2O2/c1-11(31)17-9-15(32)2-5-20(17)34-23(35)18-10-16(3-4-19(18)28)33-24(36)22-21(25(22,29)30)12-6-13(26)8-14(27)7-12/h2-10,21-22H,1H2,(H,33,36)(H,34,35). The first-order chi connectivity index (χ1) is 16.9. The molecule has 186 valence electrons. The van der Waals surface area contributed by atoms with Crippen LogP contribution in [0.1, 0.15) is 27.4 Å². The molecule has 1 fully saturated rings. The lowest BCUT2D eigenvalue weighted by Crippen LogP contribution is -2.18. The zero-order valence-corrected chi connectivity index (χ0v) is 21.8. The second kappa shape index (κ2) is 10.2. The van der Waals surface area contributed by atoms with Gasteiger partial charge in [0.25, 0.3) is 5.91 Å². The largest absolute Gasteiger partial charge is 0.326 e. The van der Waals surface area contributed by atoms with E-state index in [4.69, 9.17) is 58.0 Å². The van der Waals surface area contributed by atoms with Gasteiger partial charge in [-0.15, -0.1) is 23.2 Å². The molecule has 4 rings (SSSR count). The summed E-state index contributed by atoms with van der Waals surface area (Å²) in [6, 6.07) is 12.2. The monoisotopic (exact) mass is 588 g/mol. The van der Waals surface area contributed by atoms with Crippen molar-refractivity contribution in [3.63, 3.8) is 0 Å². The number of alkyl halides is 2. The van der Waals surface area contributed by atoms with Gasteiger partial charge >= 0.3 is 0 Å². The number of carbonyl (C=O) groups excluding carboxylic acids is 2. The molecule has 1 aliphatic rings. The van der Waals surface area contributed by atoms with Crippen molar-refractivity contribution >= 4 is 87.0 Å². The third kappa shape index (κ3) is 5.48. The Morgan fingerprint density at radius 1 is 0.889 bits per heavy atom. The van der Waals surface area contributed by atoms with Crippen LogP contribution in [-0.4, -0.2) is 16.1 Å². The van der Waals surface area contributed by atoms with E-state index in [1.54, 1.807) is 18.2 Å². The Kier molecular flexibility index (Phi) is 7.56. The summed E-state index contributed by atoms with van der Waals surface area (Å²) < 4.78 is 25.8. The summed E-state index contributed by atoms with van der Waals surface area (Å²) in [4.78, 5) is 25.8. The van der Waals surface area contributed by atoms with E-state index in [2.05, 4.69) is 17.2 Å². The van der Waals surface area contributed by atoms with Crippen LogP contribution in [0.3, 0.4) is 0 Å². The normalized spacial score (nSPS) is 17.9. The van der Waals surface area contributed by atoms with Crippen molar-refractivity contribution in [2.45, 2.75) is 10.3 Å². The second-order valence-electron chi connectivity index (χ2n) is 8.07. The minimum atomic E-state index is -1.39. The van der Waals surface area contributed by atoms with Crippen molar-refractivity contribution < 1.29 is 18.4 Å². The molecule has 3 aromatic carbocycles. The van der Waals surface area contributed by atoms with E-state index in [1.807, 2.05) is 0 Å². The minimum Gasteiger partial charge on any atom is -0.326 e. The predicted molar refractivity (Wildman–Crippen MR) is 142 cm³/mol. The summed E-state index contributed by atoms with van der Waals surface area (Å²) in [5.41, 5.74) is 0.604. The van der Waals surface area contributed by atoms with Crippen molar-refractivity contribution in [1.29, 1.82) is 0 Å². The van der Waals surface area contributed by atoms with Gasteiger partial charge in [0, 0.05) is 27.2 Å². The summed E-state index contributed by atoms with van der Waals surface area (Å²) in [7, 11) is 0. The van der Waals surface area contributed by atoms with Crippen molar-refractivity contribution in [2.24, 2.45) is 5.92 Å². The molecule has 1 saturated carbocycles. The van der Waals surface area contributed by atoms with Crippen LogP contribution in [0.4, 0.5) is 20.2 Å². The summed E-state index contributed by atoms with van der Waals surface area (Å²) >= 11 is 31.1. The Balaban J connectivity index is 1.53. The maximum atomic E-state index is 13.7. The third-order valence-electron chi connectivity index (χ3n) is 5.58. The fourth-order valence-electron chi connectivity index (χ4n) is 3.86. The van der Waals surface area contributed by atoms with Crippen molar-refractivity contribution in [2.75, 3.05) is 10.6 Å². The van der Waals surface area contributed by atoms with Gasteiger partial charge in [0.15, 0.2) is 0 Å². The fraction of sp³-hybridized carbons (Fsp3) is 0.120. The van der Waals surface area contributed by atoms with E-state index in [1.165, 1.54) is 24.3 Å². The highest BCUT2D eigenvalue weighted by Gasteiger charge is 2.67. The van der Waals surface area contributed by atoms with E-state index >= 15 is 0 Å². The van der Waals surface area contributed by atoms with E-state index in [9.17, 15) is 18.4 Å². The van der Waals surface area contributed by atoms with Gasteiger partial charge in [0.05, 0.1) is 22.2 Å². The number of anilines is 2. The average molecular weight is 591 g/mol. The first-order valence-corrected chi connectivity index (χ1v) is 12.2. The molecule has 2 N–H and O–H groups in total. The molecule has 36 heavy (non-hydrogen) atoms. The molecule has 1 aliphatic carbocycles. The molecule has 0 saturated heterocycles. The number of halogens is 7. The van der Waals surface area contributed by atoms with E-state index in [0.717, 1.165) is 12.1 Å². The Hall–Kier alpha value is -2.35. The number of amides is 2. The van der Waals surface area contributed by atoms with Gasteiger partial charge in [-0.05, 0) is 60.2 Å². The predicted octanol–water partition coefficient (Wildman–Crippen LogP) is 8.50. The number of hydrogen-bond donors (Lipinski definition) is 2. The molecule has 0 bridgehead atoms. The Bertz CT molecular complexity index is 1390. The van der Waals surface area contributed by atoms with Crippen LogP contribution in [0.2, 0.25) is 15.1 Å². The van der Waals surface area contributed by atoms with Crippen LogP contribution >= 0.6 is 58.0 Å². The maximum absolute atomic E-state index is 13.7. The van der Waals surface area contributed by atoms with Crippen molar-refractivity contribution in [3.05, 3.63) is 98.8 Å². The molecular weight excluding hydrogens is 576 g/mol. The second-order valence-corrected chi connectivity index (χ2v) is 10.8. The van der Waals surface area contributed by atoms with E-state index in [-0.39, 0.29) is 27.5 Å². The van der Waals surface area contributed by atoms with Crippen molar-refractivity contribution in [1.82, 2.24) is 0 Å². The summed E-state index contributed by atoms with van der Waals surface area (Å²) in [5, 5.41) is 5.97. The SMILES string of the molecule is C=C(F)c1cc(F)ccc1NC(=O)c1cc(NC(=O)C2C(c3cc(Cl)cc(Cl)c3)C2(Cl)Cl)ccc1Cl. The number of benzene rings is 3. The molecule has 0 radical (unpaired) electrons. The highest BCUT2D eigenvalue weighted by molar-refractivity contribution is 6.53. The zero-order chi connectivity index (χ0) is 26.4. The van der Waals surface area contributed by atoms with Gasteiger partial charge in [-0.25, -0.2) is 8.78 Å². The Morgan fingerprint density at radius 2 is 1.56 bits per heavy atom. The topological polar surface area (TPSA) is 58.2 Å². The molecule has 0 heterocycles. The molecule has 2 atom stereocenters. The fourth-order valence-corrected chi connectivity index (χ4v) is 5.43. The first-order valence-electron chi connectivity index (χ1n) is 10.3. The van der Waals surface area contributed by atoms with Gasteiger partial charge in [0.2, 0.25) is 5.91 Å². The number of rotatable bonds is 6. The van der Waals surface area contributed by atoms with E-state index in [0.29, 0.717) is 15.6 Å². The Labute approximate surface area is 230 Å². The lowest BCUT2D eigenvalue weighted by atomic mass is 10.1. The van der Waals surface area contributed by atoms with E-state index < -0.39 is 39.6 Å². The molecule has 0 aliphatic heterocycles. The van der Waals surface area contributed by atoms with Crippen LogP contribution in [0.15, 0.2) is 61.2 Å². The average Bonchev–Trinajstić information content (AvgIpc) is 3.37. The first kappa shape index (κ1) is 26.7. The summed E-state index contributed by atoms with van der Waals surface area (Å²) in [5.74, 6) is -4.21. The van der Waals surface area contributed by atoms with Crippen molar-refractivity contribution in [3.8, 4) is 0 Å². The number of nitrogens with one attached hydrogen (secondary N) is 2. The van der Waals surface area contributed by atoms with Crippen LogP contribution in [-0.2, 0) is 4.79 Å². The molecular formula is C25H15Cl5F2N2O2. The lowest BCUT2D eigenvalue weighted by molar-refractivity contribution is -0.117. The lowest BCUT2D eigenvalue weighted by Gasteiger charge is -2.12. The molecule has 0 aromatic heterocycles. The van der Waals surface area contributed by atoms with Gasteiger partial charge in [-0.3, -0.25) is 9.59 Å². The van der Waals surface area contributed by atoms with Crippen LogP contribution in [0, 0.1) is 11.7 Å². The highest BCUT2D eigenvalue weighted by Crippen LogP contribution is 2.65. The highest BCUT2D eigenvalue weighted by atomic mass is 35.5. The van der Waals surface area contributed by atoms with Gasteiger partial charge in [0.1, 0.15) is 16.0 Å². The quantitative estimate of drug-likeness (QED) is 0.283. The molecule has 11 heteroatoms. The molecule has 3 aromatic rings. The van der Waals surface area contributed by atoms with Crippen LogP contribution in [0.25, 0.3) is 5.83 Å². The van der Waals surface area contributed by atoms with Gasteiger partial charge < -0.3 is 10.6 Å². The molecule has 4 nitrogen and oxygen atoms in total. The van der Waals surface area contributed by atoms with Crippen LogP contribution in [0.5, 0.6) is 0 Å². The van der Waals surface area contributed by atoms with Gasteiger partial charge in [-0.1, -0.05) is 41.4 Å². The number of carbonyl (C=O) groups is 2. The third-order valence-corrected chi connectivity index (χ3v) is 7.29. The molecule has 2 unspecified atom stereocenters. The summed E-state index contributed by atoms with van der Waals surface area (Å²) in [6.07, 6.45) is 0. The summed E-state index contributed by atoms with van der Waals surface area (Å²) in [6.45, 7) is 3.15. The zero-order valence-electron chi connectivity index (χ0n) is 18.0. The molecule has 0 spiro atoms.